The van der Waals surface area contributed by atoms with Crippen LogP contribution in [0, 0.1) is 13.8 Å². The minimum atomic E-state index is -4.50. The van der Waals surface area contributed by atoms with Crippen molar-refractivity contribution in [2.75, 3.05) is 5.73 Å². The maximum absolute atomic E-state index is 12.8. The van der Waals surface area contributed by atoms with Crippen LogP contribution in [0.4, 0.5) is 19.0 Å². The van der Waals surface area contributed by atoms with E-state index in [1.165, 1.54) is 0 Å². The van der Waals surface area contributed by atoms with Crippen LogP contribution >= 0.6 is 0 Å². The highest BCUT2D eigenvalue weighted by Gasteiger charge is 2.37. The highest BCUT2D eigenvalue weighted by atomic mass is 19.4. The Morgan fingerprint density at radius 2 is 1.89 bits per heavy atom. The van der Waals surface area contributed by atoms with Crippen LogP contribution in [0.3, 0.4) is 0 Å². The summed E-state index contributed by atoms with van der Waals surface area (Å²) in [4.78, 5) is 0. The first-order chi connectivity index (χ1) is 8.30. The summed E-state index contributed by atoms with van der Waals surface area (Å²) in [5, 5.41) is 5.41. The Kier molecular flexibility index (Phi) is 2.80. The van der Waals surface area contributed by atoms with Crippen LogP contribution in [-0.4, -0.2) is 10.2 Å². The summed E-state index contributed by atoms with van der Waals surface area (Å²) >= 11 is 0. The van der Waals surface area contributed by atoms with Gasteiger partial charge in [-0.1, -0.05) is 23.8 Å². The maximum Gasteiger partial charge on any atom is 0.433 e. The average molecular weight is 255 g/mol. The zero-order chi connectivity index (χ0) is 13.5. The fourth-order valence-electron chi connectivity index (χ4n) is 1.93. The molecule has 0 radical (unpaired) electrons. The van der Waals surface area contributed by atoms with Crippen LogP contribution in [-0.2, 0) is 6.18 Å². The largest absolute Gasteiger partial charge is 0.433 e. The number of aromatic nitrogens is 2. The Labute approximate surface area is 102 Å². The molecule has 18 heavy (non-hydrogen) atoms. The van der Waals surface area contributed by atoms with Crippen LogP contribution < -0.4 is 5.73 Å². The van der Waals surface area contributed by atoms with E-state index in [0.717, 1.165) is 11.1 Å². The van der Waals surface area contributed by atoms with E-state index in [-0.39, 0.29) is 11.4 Å². The van der Waals surface area contributed by atoms with Crippen molar-refractivity contribution < 1.29 is 13.2 Å². The van der Waals surface area contributed by atoms with Gasteiger partial charge in [0.15, 0.2) is 5.82 Å². The molecule has 0 bridgehead atoms. The van der Waals surface area contributed by atoms with Crippen LogP contribution in [0.15, 0.2) is 18.2 Å². The molecule has 2 aromatic rings. The van der Waals surface area contributed by atoms with Crippen molar-refractivity contribution in [2.45, 2.75) is 20.0 Å². The molecule has 96 valence electrons. The van der Waals surface area contributed by atoms with Gasteiger partial charge < -0.3 is 5.73 Å². The molecular formula is C12H12F3N3. The highest BCUT2D eigenvalue weighted by Crippen LogP contribution is 2.39. The molecule has 0 fully saturated rings. The van der Waals surface area contributed by atoms with Gasteiger partial charge in [-0.2, -0.15) is 18.3 Å². The quantitative estimate of drug-likeness (QED) is 0.821. The number of benzene rings is 1. The number of alkyl halides is 3. The van der Waals surface area contributed by atoms with Gasteiger partial charge in [-0.05, 0) is 25.0 Å². The lowest BCUT2D eigenvalue weighted by Gasteiger charge is -2.10. The van der Waals surface area contributed by atoms with E-state index in [9.17, 15) is 13.2 Å². The topological polar surface area (TPSA) is 54.7 Å². The average Bonchev–Trinajstić information content (AvgIpc) is 2.60. The number of nitrogens with one attached hydrogen (secondary N) is 1. The molecule has 0 aliphatic heterocycles. The van der Waals surface area contributed by atoms with Gasteiger partial charge in [-0.25, -0.2) is 0 Å². The number of H-pyrrole nitrogens is 1. The van der Waals surface area contributed by atoms with Crippen LogP contribution in [0.1, 0.15) is 16.8 Å². The lowest BCUT2D eigenvalue weighted by molar-refractivity contribution is -0.140. The normalized spacial score (nSPS) is 11.8. The first-order valence-electron chi connectivity index (χ1n) is 5.29. The fraction of sp³-hybridized carbons (Fsp3) is 0.250. The number of nitrogens with two attached hydrogens (primary N) is 1. The molecular weight excluding hydrogens is 243 g/mol. The van der Waals surface area contributed by atoms with Crippen molar-refractivity contribution in [3.8, 4) is 11.1 Å². The number of nitrogens with zero attached hydrogens (tertiary/aromatic N) is 1. The van der Waals surface area contributed by atoms with Crippen molar-refractivity contribution in [3.05, 3.63) is 35.0 Å². The van der Waals surface area contributed by atoms with Crippen molar-refractivity contribution in [1.82, 2.24) is 10.2 Å². The monoisotopic (exact) mass is 255 g/mol. The van der Waals surface area contributed by atoms with E-state index < -0.39 is 11.9 Å². The molecule has 3 nitrogen and oxygen atoms in total. The zero-order valence-corrected chi connectivity index (χ0v) is 9.89. The Morgan fingerprint density at radius 1 is 1.22 bits per heavy atom. The molecule has 0 unspecified atom stereocenters. The van der Waals surface area contributed by atoms with Gasteiger partial charge in [-0.3, -0.25) is 5.10 Å². The van der Waals surface area contributed by atoms with Gasteiger partial charge in [0.05, 0.1) is 5.56 Å². The van der Waals surface area contributed by atoms with Crippen LogP contribution in [0.25, 0.3) is 11.1 Å². The molecule has 0 saturated carbocycles. The molecule has 3 N–H and O–H groups in total. The van der Waals surface area contributed by atoms with Gasteiger partial charge in [0.2, 0.25) is 0 Å². The number of halogens is 3. The minimum Gasteiger partial charge on any atom is -0.382 e. The predicted molar refractivity (Wildman–Crippen MR) is 62.9 cm³/mol. The minimum absolute atomic E-state index is 0.0833. The summed E-state index contributed by atoms with van der Waals surface area (Å²) in [6.07, 6.45) is -4.50. The standard InChI is InChI=1S/C12H12F3N3/c1-6-3-4-8(7(2)5-6)9-10(12(13,14)15)17-18-11(9)16/h3-5H,1-2H3,(H3,16,17,18). The third kappa shape index (κ3) is 2.05. The number of nitrogen functional groups attached to an aromatic ring is 1. The smallest absolute Gasteiger partial charge is 0.382 e. The first-order valence-corrected chi connectivity index (χ1v) is 5.29. The highest BCUT2D eigenvalue weighted by molar-refractivity contribution is 5.79. The third-order valence-electron chi connectivity index (χ3n) is 2.73. The number of anilines is 1. The second kappa shape index (κ2) is 4.04. The molecule has 0 aliphatic carbocycles. The lowest BCUT2D eigenvalue weighted by Crippen LogP contribution is -2.08. The number of rotatable bonds is 1. The van der Waals surface area contributed by atoms with Gasteiger partial charge in [0.25, 0.3) is 0 Å². The Morgan fingerprint density at radius 3 is 2.44 bits per heavy atom. The van der Waals surface area contributed by atoms with Crippen LogP contribution in [0.2, 0.25) is 0 Å². The molecule has 1 heterocycles. The Balaban J connectivity index is 2.67. The molecule has 1 aromatic carbocycles. The van der Waals surface area contributed by atoms with Gasteiger partial charge >= 0.3 is 6.18 Å². The molecule has 0 spiro atoms. The maximum atomic E-state index is 12.8. The summed E-state index contributed by atoms with van der Waals surface area (Å²) in [6, 6.07) is 5.18. The predicted octanol–water partition coefficient (Wildman–Crippen LogP) is 3.29. The molecule has 0 atom stereocenters. The summed E-state index contributed by atoms with van der Waals surface area (Å²) < 4.78 is 38.5. The number of aromatic amines is 1. The zero-order valence-electron chi connectivity index (χ0n) is 9.89. The van der Waals surface area contributed by atoms with Gasteiger partial charge in [-0.15, -0.1) is 0 Å². The molecule has 1 aromatic heterocycles. The number of hydrogen-bond acceptors (Lipinski definition) is 2. The second-order valence-corrected chi connectivity index (χ2v) is 4.17. The summed E-state index contributed by atoms with van der Waals surface area (Å²) in [6.45, 7) is 3.62. The summed E-state index contributed by atoms with van der Waals surface area (Å²) in [7, 11) is 0. The van der Waals surface area contributed by atoms with Crippen LogP contribution in [0.5, 0.6) is 0 Å². The van der Waals surface area contributed by atoms with E-state index in [2.05, 4.69) is 5.10 Å². The van der Waals surface area contributed by atoms with E-state index in [1.54, 1.807) is 19.1 Å². The fourth-order valence-corrected chi connectivity index (χ4v) is 1.93. The summed E-state index contributed by atoms with van der Waals surface area (Å²) in [5.74, 6) is -0.144. The Bertz CT molecular complexity index is 585. The van der Waals surface area contributed by atoms with E-state index >= 15 is 0 Å². The molecule has 0 aliphatic rings. The van der Waals surface area contributed by atoms with E-state index in [4.69, 9.17) is 5.73 Å². The SMILES string of the molecule is Cc1ccc(-c2c(N)n[nH]c2C(F)(F)F)c(C)c1. The molecule has 0 saturated heterocycles. The van der Waals surface area contributed by atoms with E-state index in [1.807, 2.05) is 18.1 Å². The molecule has 6 heteroatoms. The van der Waals surface area contributed by atoms with Gasteiger partial charge in [0, 0.05) is 0 Å². The van der Waals surface area contributed by atoms with Crippen molar-refractivity contribution >= 4 is 5.82 Å². The summed E-state index contributed by atoms with van der Waals surface area (Å²) in [5.41, 5.74) is 6.69. The van der Waals surface area contributed by atoms with Gasteiger partial charge in [0.1, 0.15) is 5.69 Å². The van der Waals surface area contributed by atoms with Crippen molar-refractivity contribution in [2.24, 2.45) is 0 Å². The van der Waals surface area contributed by atoms with E-state index in [0.29, 0.717) is 5.56 Å². The number of hydrogen-bond donors (Lipinski definition) is 2. The third-order valence-corrected chi connectivity index (χ3v) is 2.73. The Hall–Kier alpha value is -1.98. The molecule has 0 amide bonds. The van der Waals surface area contributed by atoms with Crippen molar-refractivity contribution in [1.29, 1.82) is 0 Å². The number of aryl methyl sites for hydroxylation is 2. The molecule has 2 rings (SSSR count). The lowest BCUT2D eigenvalue weighted by atomic mass is 9.98. The first kappa shape index (κ1) is 12.5. The van der Waals surface area contributed by atoms with Crippen molar-refractivity contribution in [3.63, 3.8) is 0 Å². The second-order valence-electron chi connectivity index (χ2n) is 4.17.